The second-order valence-electron chi connectivity index (χ2n) is 6.98. The Labute approximate surface area is 189 Å². The van der Waals surface area contributed by atoms with Gasteiger partial charge in [0.2, 0.25) is 5.31 Å². The summed E-state index contributed by atoms with van der Waals surface area (Å²) in [5, 5.41) is 18.4. The Bertz CT molecular complexity index is 1110. The summed E-state index contributed by atoms with van der Waals surface area (Å²) in [5.41, 5.74) is 0.896. The first kappa shape index (κ1) is 20.9. The third-order valence-electron chi connectivity index (χ3n) is 5.13. The average Bonchev–Trinajstić information content (AvgIpc) is 2.84. The minimum Gasteiger partial charge on any atom is -0.347 e. The fourth-order valence-corrected chi connectivity index (χ4v) is 8.47. The van der Waals surface area contributed by atoms with Crippen molar-refractivity contribution >= 4 is 41.5 Å². The molecule has 0 unspecified atom stereocenters. The van der Waals surface area contributed by atoms with E-state index in [9.17, 15) is 5.26 Å². The van der Waals surface area contributed by atoms with Gasteiger partial charge in [-0.25, -0.2) is 0 Å². The second kappa shape index (κ2) is 9.67. The first-order valence-electron chi connectivity index (χ1n) is 9.98. The molecule has 0 aliphatic carbocycles. The molecule has 4 heteroatoms. The summed E-state index contributed by atoms with van der Waals surface area (Å²) in [6.07, 6.45) is 0. The van der Waals surface area contributed by atoms with E-state index in [-0.39, 0.29) is 0 Å². The fourth-order valence-electron chi connectivity index (χ4n) is 3.79. The molecule has 4 rings (SSSR count). The predicted octanol–water partition coefficient (Wildman–Crippen LogP) is 5.72. The van der Waals surface area contributed by atoms with E-state index in [0.29, 0.717) is 10.3 Å². The number of para-hydroxylation sites is 1. The molecule has 0 amide bonds. The van der Waals surface area contributed by atoms with Crippen LogP contribution in [-0.2, 0) is 0 Å². The molecule has 4 aromatic rings. The van der Waals surface area contributed by atoms with Crippen LogP contribution < -0.4 is 21.2 Å². The van der Waals surface area contributed by atoms with Crippen LogP contribution in [0.2, 0.25) is 0 Å². The molecule has 0 atom stereocenters. The van der Waals surface area contributed by atoms with Crippen molar-refractivity contribution in [3.63, 3.8) is 0 Å². The molecule has 150 valence electrons. The molecule has 0 saturated heterocycles. The van der Waals surface area contributed by atoms with Gasteiger partial charge in [0.1, 0.15) is 27.0 Å². The highest BCUT2D eigenvalue weighted by atomic mass is 32.1. The molecule has 0 spiro atoms. The van der Waals surface area contributed by atoms with E-state index in [1.807, 2.05) is 84.9 Å². The molecule has 4 aromatic carbocycles. The number of anilines is 1. The van der Waals surface area contributed by atoms with E-state index in [2.05, 4.69) is 47.8 Å². The van der Waals surface area contributed by atoms with E-state index in [0.717, 1.165) is 21.6 Å². The van der Waals surface area contributed by atoms with Gasteiger partial charge in [0.05, 0.1) is 0 Å². The Kier molecular flexibility index (Phi) is 6.53. The summed E-state index contributed by atoms with van der Waals surface area (Å²) in [5.74, 6) is 0. The highest BCUT2D eigenvalue weighted by Gasteiger charge is 2.51. The van der Waals surface area contributed by atoms with Crippen molar-refractivity contribution in [3.8, 4) is 6.07 Å². The fraction of sp³-hybridized carbons (Fsp3) is 0. The highest BCUT2D eigenvalue weighted by Crippen LogP contribution is 2.63. The van der Waals surface area contributed by atoms with Crippen molar-refractivity contribution in [1.29, 1.82) is 5.26 Å². The lowest BCUT2D eigenvalue weighted by Gasteiger charge is -2.27. The van der Waals surface area contributed by atoms with Crippen molar-refractivity contribution in [2.24, 2.45) is 0 Å². The quantitative estimate of drug-likeness (QED) is 0.230. The number of hydrogen-bond donors (Lipinski definition) is 2. The van der Waals surface area contributed by atoms with Crippen molar-refractivity contribution < 1.29 is 0 Å². The van der Waals surface area contributed by atoms with Crippen LogP contribution in [0.25, 0.3) is 0 Å². The van der Waals surface area contributed by atoms with E-state index in [1.165, 1.54) is 0 Å². The van der Waals surface area contributed by atoms with Gasteiger partial charge in [0.15, 0.2) is 7.26 Å². The highest BCUT2D eigenvalue weighted by molar-refractivity contribution is 8.00. The Morgan fingerprint density at radius 2 is 0.968 bits per heavy atom. The molecule has 1 N–H and O–H groups in total. The van der Waals surface area contributed by atoms with Crippen molar-refractivity contribution in [2.75, 3.05) is 5.32 Å². The summed E-state index contributed by atoms with van der Waals surface area (Å²) in [7, 11) is -2.48. The largest absolute Gasteiger partial charge is 0.347 e. The van der Waals surface area contributed by atoms with Crippen LogP contribution in [0.1, 0.15) is 0 Å². The minimum absolute atomic E-state index is 0.568. The average molecular weight is 438 g/mol. The third-order valence-corrected chi connectivity index (χ3v) is 9.86. The summed E-state index contributed by atoms with van der Waals surface area (Å²) < 4.78 is 0. The van der Waals surface area contributed by atoms with E-state index in [4.69, 9.17) is 12.6 Å². The normalized spacial score (nSPS) is 11.9. The zero-order chi connectivity index (χ0) is 21.5. The van der Waals surface area contributed by atoms with Gasteiger partial charge in [-0.1, -0.05) is 72.8 Å². The van der Waals surface area contributed by atoms with Crippen molar-refractivity contribution in [1.82, 2.24) is 0 Å². The standard InChI is InChI=1S/C27H21N2PS/c28-21-26(27(31)29-22-13-5-1-6-14-22)30(23-15-7-2-8-16-23,24-17-9-3-10-18-24)25-19-11-4-12-20-25/h1-20,29H/p+1. The lowest BCUT2D eigenvalue weighted by Crippen LogP contribution is -2.32. The van der Waals surface area contributed by atoms with Gasteiger partial charge < -0.3 is 5.32 Å². The monoisotopic (exact) mass is 437 g/mol. The van der Waals surface area contributed by atoms with Crippen molar-refractivity contribution in [2.45, 2.75) is 0 Å². The number of thiol groups is 1. The van der Waals surface area contributed by atoms with Crippen molar-refractivity contribution in [3.05, 3.63) is 132 Å². The Morgan fingerprint density at radius 1 is 0.613 bits per heavy atom. The Morgan fingerprint density at radius 3 is 1.32 bits per heavy atom. The van der Waals surface area contributed by atoms with E-state index in [1.54, 1.807) is 0 Å². The maximum absolute atomic E-state index is 10.5. The molecule has 0 radical (unpaired) electrons. The van der Waals surface area contributed by atoms with Gasteiger partial charge in [-0.15, -0.1) is 12.6 Å². The maximum Gasteiger partial charge on any atom is 0.215 e. The Balaban J connectivity index is 2.06. The number of hydrogen-bond acceptors (Lipinski definition) is 3. The third kappa shape index (κ3) is 4.14. The molecule has 0 saturated carbocycles. The molecule has 0 aliphatic heterocycles. The zero-order valence-electron chi connectivity index (χ0n) is 16.9. The minimum atomic E-state index is -2.48. The van der Waals surface area contributed by atoms with Crippen LogP contribution in [0.15, 0.2) is 132 Å². The van der Waals surface area contributed by atoms with Gasteiger partial charge >= 0.3 is 0 Å². The lowest BCUT2D eigenvalue weighted by atomic mass is 10.3. The smallest absolute Gasteiger partial charge is 0.215 e. The van der Waals surface area contributed by atoms with E-state index >= 15 is 0 Å². The number of benzene rings is 4. The van der Waals surface area contributed by atoms with Crippen LogP contribution in [0.4, 0.5) is 5.69 Å². The summed E-state index contributed by atoms with van der Waals surface area (Å²) in [6, 6.07) is 43.3. The van der Waals surface area contributed by atoms with Crippen LogP contribution >= 0.6 is 19.9 Å². The SMILES string of the molecule is N#CC(=C(S)Nc1ccccc1)[P+](c1ccccc1)(c1ccccc1)c1ccccc1. The lowest BCUT2D eigenvalue weighted by molar-refractivity contribution is 1.49. The summed E-state index contributed by atoms with van der Waals surface area (Å²) in [6.45, 7) is 0. The molecule has 31 heavy (non-hydrogen) atoms. The predicted molar refractivity (Wildman–Crippen MR) is 137 cm³/mol. The van der Waals surface area contributed by atoms with Gasteiger partial charge in [0.25, 0.3) is 0 Å². The van der Waals surface area contributed by atoms with Crippen LogP contribution in [0.5, 0.6) is 0 Å². The molecule has 0 aliphatic rings. The number of nitriles is 1. The first-order chi connectivity index (χ1) is 15.3. The molecule has 2 nitrogen and oxygen atoms in total. The second-order valence-corrected chi connectivity index (χ2v) is 10.8. The first-order valence-corrected chi connectivity index (χ1v) is 12.2. The molecule has 0 bridgehead atoms. The number of rotatable bonds is 6. The molecule has 0 heterocycles. The van der Waals surface area contributed by atoms with Gasteiger partial charge in [0, 0.05) is 5.69 Å². The van der Waals surface area contributed by atoms with Gasteiger partial charge in [-0.05, 0) is 48.5 Å². The van der Waals surface area contributed by atoms with E-state index < -0.39 is 7.26 Å². The van der Waals surface area contributed by atoms with Gasteiger partial charge in [-0.3, -0.25) is 0 Å². The number of allylic oxidation sites excluding steroid dienone is 1. The van der Waals surface area contributed by atoms with Gasteiger partial charge in [-0.2, -0.15) is 5.26 Å². The molecule has 0 aromatic heterocycles. The Hall–Kier alpha value is -3.31. The van der Waals surface area contributed by atoms with Crippen LogP contribution in [-0.4, -0.2) is 0 Å². The number of nitrogens with one attached hydrogen (secondary N) is 1. The number of nitrogens with zero attached hydrogens (tertiary/aromatic N) is 1. The molecular formula is C27H22N2PS+. The van der Waals surface area contributed by atoms with Crippen LogP contribution in [0.3, 0.4) is 0 Å². The summed E-state index contributed by atoms with van der Waals surface area (Å²) in [4.78, 5) is 0. The molecular weight excluding hydrogens is 415 g/mol. The zero-order valence-corrected chi connectivity index (χ0v) is 18.7. The van der Waals surface area contributed by atoms with Crippen LogP contribution in [0, 0.1) is 11.3 Å². The maximum atomic E-state index is 10.5. The molecule has 0 fully saturated rings. The summed E-state index contributed by atoms with van der Waals surface area (Å²) >= 11 is 4.83. The topological polar surface area (TPSA) is 35.8 Å².